The number of nitro groups is 1. The van der Waals surface area contributed by atoms with Crippen molar-refractivity contribution in [2.45, 2.75) is 5.25 Å². The van der Waals surface area contributed by atoms with Gasteiger partial charge in [0.05, 0.1) is 17.6 Å². The van der Waals surface area contributed by atoms with E-state index in [9.17, 15) is 41.5 Å². The highest BCUT2D eigenvalue weighted by Gasteiger charge is 2.40. The van der Waals surface area contributed by atoms with Crippen molar-refractivity contribution in [1.82, 2.24) is 0 Å². The molecule has 0 heterocycles. The summed E-state index contributed by atoms with van der Waals surface area (Å²) < 4.78 is 75.6. The summed E-state index contributed by atoms with van der Waals surface area (Å²) in [5.41, 5.74) is -2.74. The normalized spacial score (nSPS) is 11.6. The van der Waals surface area contributed by atoms with Crippen LogP contribution in [0.5, 0.6) is 5.75 Å². The van der Waals surface area contributed by atoms with Gasteiger partial charge in [0.25, 0.3) is 5.69 Å². The molecule has 0 aliphatic rings. The van der Waals surface area contributed by atoms with E-state index in [2.05, 4.69) is 72.5 Å². The van der Waals surface area contributed by atoms with E-state index in [4.69, 9.17) is 9.47 Å². The van der Waals surface area contributed by atoms with Gasteiger partial charge in [-0.25, -0.2) is 18.0 Å². The Morgan fingerprint density at radius 1 is 1.03 bits per heavy atom. The van der Waals surface area contributed by atoms with Crippen molar-refractivity contribution in [3.8, 4) is 5.75 Å². The van der Waals surface area contributed by atoms with E-state index in [1.807, 2.05) is 12.1 Å². The number of benzene rings is 2. The van der Waals surface area contributed by atoms with Gasteiger partial charge in [-0.05, 0) is 86.0 Å². The fourth-order valence-electron chi connectivity index (χ4n) is 2.39. The van der Waals surface area contributed by atoms with Crippen molar-refractivity contribution in [2.24, 2.45) is 0 Å². The average Bonchev–Trinajstić information content (AvgIpc) is 2.74. The first-order valence-corrected chi connectivity index (χ1v) is 13.5. The lowest BCUT2D eigenvalue weighted by molar-refractivity contribution is -0.385. The maximum Gasteiger partial charge on any atom is 0.367 e. The van der Waals surface area contributed by atoms with E-state index in [1.165, 1.54) is 0 Å². The summed E-state index contributed by atoms with van der Waals surface area (Å²) in [6.45, 7) is -2.68. The number of hydrogen-bond acceptors (Lipinski definition) is 10. The largest absolute Gasteiger partial charge is 0.743 e. The molecule has 11 nitrogen and oxygen atoms in total. The SMILES string of the molecule is O=C(OCCOc1c(I)cc(I)cc1I)c1cccc([N+](=O)[O-])c1C(=O)OCC(F)(F)S(=O)(=O)[O-]. The van der Waals surface area contributed by atoms with Crippen molar-refractivity contribution >= 4 is 95.5 Å². The molecule has 0 saturated heterocycles. The van der Waals surface area contributed by atoms with Gasteiger partial charge in [-0.15, -0.1) is 0 Å². The van der Waals surface area contributed by atoms with Crippen LogP contribution in [0.25, 0.3) is 0 Å². The third-order valence-corrected chi connectivity index (χ3v) is 7.00. The van der Waals surface area contributed by atoms with Crippen LogP contribution in [0, 0.1) is 20.8 Å². The number of nitrogens with zero attached hydrogens (tertiary/aromatic N) is 1. The zero-order valence-electron chi connectivity index (χ0n) is 16.8. The van der Waals surface area contributed by atoms with Gasteiger partial charge in [0, 0.05) is 9.64 Å². The molecule has 2 rings (SSSR count). The first kappa shape index (κ1) is 29.8. The lowest BCUT2D eigenvalue weighted by Gasteiger charge is -2.19. The number of carbonyl (C=O) groups excluding carboxylic acids is 2. The van der Waals surface area contributed by atoms with Gasteiger partial charge in [-0.3, -0.25) is 10.1 Å². The van der Waals surface area contributed by atoms with E-state index >= 15 is 0 Å². The Morgan fingerprint density at radius 2 is 1.63 bits per heavy atom. The van der Waals surface area contributed by atoms with E-state index in [0.29, 0.717) is 5.75 Å². The molecule has 0 aliphatic heterocycles. The highest BCUT2D eigenvalue weighted by molar-refractivity contribution is 14.1. The highest BCUT2D eigenvalue weighted by atomic mass is 127. The molecule has 2 aromatic carbocycles. The number of ether oxygens (including phenoxy) is 3. The highest BCUT2D eigenvalue weighted by Crippen LogP contribution is 2.30. The Morgan fingerprint density at radius 3 is 2.17 bits per heavy atom. The molecule has 0 atom stereocenters. The molecule has 0 N–H and O–H groups in total. The molecule has 0 saturated carbocycles. The minimum absolute atomic E-state index is 0.124. The second kappa shape index (κ2) is 12.2. The number of rotatable bonds is 10. The second-order valence-corrected chi connectivity index (χ2v) is 11.4. The first-order chi connectivity index (χ1) is 16.2. The first-order valence-electron chi connectivity index (χ1n) is 8.88. The monoisotopic (exact) mass is 852 g/mol. The molecule has 0 aliphatic carbocycles. The van der Waals surface area contributed by atoms with Crippen LogP contribution in [-0.2, 0) is 19.6 Å². The van der Waals surface area contributed by atoms with Gasteiger partial charge in [-0.2, -0.15) is 8.78 Å². The molecule has 0 fully saturated rings. The van der Waals surface area contributed by atoms with Crippen molar-refractivity contribution in [1.29, 1.82) is 0 Å². The minimum Gasteiger partial charge on any atom is -0.743 e. The second-order valence-electron chi connectivity index (χ2n) is 6.31. The third-order valence-electron chi connectivity index (χ3n) is 3.93. The number of halogens is 5. The van der Waals surface area contributed by atoms with Crippen LogP contribution in [0.15, 0.2) is 30.3 Å². The maximum absolute atomic E-state index is 13.3. The van der Waals surface area contributed by atoms with Gasteiger partial charge in [0.2, 0.25) is 0 Å². The fraction of sp³-hybridized carbons (Fsp3) is 0.222. The van der Waals surface area contributed by atoms with Crippen molar-refractivity contribution in [3.63, 3.8) is 0 Å². The zero-order chi connectivity index (χ0) is 26.6. The lowest BCUT2D eigenvalue weighted by atomic mass is 10.1. The summed E-state index contributed by atoms with van der Waals surface area (Å²) >= 11 is 6.24. The van der Waals surface area contributed by atoms with Crippen LogP contribution in [0.1, 0.15) is 20.7 Å². The summed E-state index contributed by atoms with van der Waals surface area (Å²) in [5, 5.41) is 6.30. The molecular weight excluding hydrogens is 841 g/mol. The summed E-state index contributed by atoms with van der Waals surface area (Å²) in [6.07, 6.45) is 0. The molecule has 17 heteroatoms. The van der Waals surface area contributed by atoms with Gasteiger partial charge in [0.15, 0.2) is 22.3 Å². The molecule has 0 unspecified atom stereocenters. The van der Waals surface area contributed by atoms with Crippen molar-refractivity contribution < 1.29 is 50.5 Å². The van der Waals surface area contributed by atoms with E-state index in [1.54, 1.807) is 0 Å². The Kier molecular flexibility index (Phi) is 10.4. The molecule has 190 valence electrons. The van der Waals surface area contributed by atoms with E-state index in [0.717, 1.165) is 28.9 Å². The molecular formula is C18H11F2I3NO10S-. The summed E-state index contributed by atoms with van der Waals surface area (Å²) in [7, 11) is -6.18. The fourth-order valence-corrected chi connectivity index (χ4v) is 6.49. The summed E-state index contributed by atoms with van der Waals surface area (Å²) in [5.74, 6) is -2.53. The molecule has 0 aromatic heterocycles. The number of alkyl halides is 2. The van der Waals surface area contributed by atoms with Gasteiger partial charge >= 0.3 is 17.2 Å². The van der Waals surface area contributed by atoms with Gasteiger partial charge < -0.3 is 18.8 Å². The van der Waals surface area contributed by atoms with Gasteiger partial charge in [-0.1, -0.05) is 6.07 Å². The third kappa shape index (κ3) is 7.76. The number of hydrogen-bond donors (Lipinski definition) is 0. The smallest absolute Gasteiger partial charge is 0.367 e. The Hall–Kier alpha value is -1.46. The van der Waals surface area contributed by atoms with Crippen LogP contribution in [0.4, 0.5) is 14.5 Å². The average molecular weight is 852 g/mol. The lowest BCUT2D eigenvalue weighted by Crippen LogP contribution is -2.35. The molecule has 2 aromatic rings. The molecule has 0 spiro atoms. The molecule has 35 heavy (non-hydrogen) atoms. The quantitative estimate of drug-likeness (QED) is 0.0856. The standard InChI is InChI=1S/C18H12F2I3NO10S/c19-18(20,35(29,30)31)8-34-17(26)14-10(2-1-3-13(14)24(27)28)16(25)33-5-4-32-15-11(22)6-9(21)7-12(15)23/h1-3,6-7H,4-5,8H2,(H,29,30,31)/p-1. The van der Waals surface area contributed by atoms with Crippen molar-refractivity contribution in [2.75, 3.05) is 19.8 Å². The Labute approximate surface area is 237 Å². The van der Waals surface area contributed by atoms with E-state index in [-0.39, 0.29) is 13.2 Å². The predicted octanol–water partition coefficient (Wildman–Crippen LogP) is 3.94. The van der Waals surface area contributed by atoms with Crippen LogP contribution in [0.2, 0.25) is 0 Å². The van der Waals surface area contributed by atoms with Crippen LogP contribution < -0.4 is 4.74 Å². The Balaban J connectivity index is 2.18. The Bertz CT molecular complexity index is 1250. The van der Waals surface area contributed by atoms with Crippen LogP contribution >= 0.6 is 67.8 Å². The van der Waals surface area contributed by atoms with E-state index < -0.39 is 55.7 Å². The minimum atomic E-state index is -6.18. The molecule has 0 amide bonds. The maximum atomic E-state index is 13.3. The topological polar surface area (TPSA) is 162 Å². The molecule has 0 bridgehead atoms. The van der Waals surface area contributed by atoms with Crippen LogP contribution in [-0.4, -0.2) is 54.9 Å². The number of nitro benzene ring substituents is 1. The predicted molar refractivity (Wildman–Crippen MR) is 138 cm³/mol. The van der Waals surface area contributed by atoms with Crippen LogP contribution in [0.3, 0.4) is 0 Å². The summed E-state index contributed by atoms with van der Waals surface area (Å²) in [6, 6.07) is 6.48. The van der Waals surface area contributed by atoms with Crippen molar-refractivity contribution in [3.05, 3.63) is 62.3 Å². The summed E-state index contributed by atoms with van der Waals surface area (Å²) in [4.78, 5) is 35.0. The van der Waals surface area contributed by atoms with Gasteiger partial charge in [0.1, 0.15) is 19.0 Å². The zero-order valence-corrected chi connectivity index (χ0v) is 24.1. The number of esters is 2. The molecule has 0 radical (unpaired) electrons. The number of carbonyl (C=O) groups is 2.